The zero-order valence-electron chi connectivity index (χ0n) is 26.3. The summed E-state index contributed by atoms with van der Waals surface area (Å²) in [6, 6.07) is 8.65. The van der Waals surface area contributed by atoms with Crippen LogP contribution < -0.4 is 20.5 Å². The van der Waals surface area contributed by atoms with Crippen molar-refractivity contribution in [3.63, 3.8) is 0 Å². The average Bonchev–Trinajstić information content (AvgIpc) is 3.30. The van der Waals surface area contributed by atoms with Crippen molar-refractivity contribution < 1.29 is 13.7 Å². The van der Waals surface area contributed by atoms with Crippen LogP contribution in [0.5, 0.6) is 5.75 Å². The Hall–Kier alpha value is -2.98. The van der Waals surface area contributed by atoms with E-state index in [1.54, 1.807) is 7.11 Å². The van der Waals surface area contributed by atoms with Gasteiger partial charge in [0.15, 0.2) is 0 Å². The number of thiophene rings is 1. The summed E-state index contributed by atoms with van der Waals surface area (Å²) in [5.74, 6) is 0.820. The highest BCUT2D eigenvalue weighted by Crippen LogP contribution is 2.36. The number of nitriles is 2. The van der Waals surface area contributed by atoms with E-state index in [1.165, 1.54) is 11.3 Å². The Morgan fingerprint density at radius 1 is 0.825 bits per heavy atom. The van der Waals surface area contributed by atoms with E-state index < -0.39 is 0 Å². The molecule has 8 nitrogen and oxygen atoms in total. The first-order chi connectivity index (χ1) is 19.2. The Balaban J connectivity index is 2.43. The lowest BCUT2D eigenvalue weighted by Gasteiger charge is -2.40. The fourth-order valence-electron chi connectivity index (χ4n) is 5.49. The minimum Gasteiger partial charge on any atom is -0.495 e. The number of hydrogen-bond acceptors (Lipinski definition) is 7. The Kier molecular flexibility index (Phi) is 12.6. The van der Waals surface area contributed by atoms with Crippen molar-refractivity contribution in [2.45, 2.75) is 55.4 Å². The molecule has 1 aromatic carbocycles. The van der Waals surface area contributed by atoms with Crippen LogP contribution in [0.15, 0.2) is 12.1 Å². The zero-order chi connectivity index (χ0) is 29.9. The molecule has 0 saturated carbocycles. The Morgan fingerprint density at radius 2 is 1.35 bits per heavy atom. The molecule has 0 amide bonds. The number of ether oxygens (including phenoxy) is 1. The SMILES string of the molecule is CC[N+](CC)(CC)CCN(CC[N+](CC)(CC)CC)c1cc(C)c(NNc2sc(C#N)c(C)c2C#N)cc1OC. The molecule has 0 aliphatic rings. The predicted octanol–water partition coefficient (Wildman–Crippen LogP) is 6.12. The molecule has 0 aliphatic carbocycles. The van der Waals surface area contributed by atoms with E-state index in [1.807, 2.05) is 13.0 Å². The maximum absolute atomic E-state index is 9.61. The van der Waals surface area contributed by atoms with Crippen LogP contribution >= 0.6 is 11.3 Å². The summed E-state index contributed by atoms with van der Waals surface area (Å²) < 4.78 is 8.17. The summed E-state index contributed by atoms with van der Waals surface area (Å²) >= 11 is 1.28. The molecule has 0 bridgehead atoms. The highest BCUT2D eigenvalue weighted by atomic mass is 32.1. The lowest BCUT2D eigenvalue weighted by Crippen LogP contribution is -2.54. The van der Waals surface area contributed by atoms with E-state index in [9.17, 15) is 10.5 Å². The van der Waals surface area contributed by atoms with Crippen LogP contribution in [0, 0.1) is 36.5 Å². The van der Waals surface area contributed by atoms with Crippen molar-refractivity contribution in [2.75, 3.05) is 88.3 Å². The Bertz CT molecular complexity index is 1150. The first-order valence-corrected chi connectivity index (χ1v) is 15.6. The summed E-state index contributed by atoms with van der Waals surface area (Å²) in [5.41, 5.74) is 10.7. The number of anilines is 3. The van der Waals surface area contributed by atoms with Gasteiger partial charge in [-0.1, -0.05) is 0 Å². The molecule has 1 heterocycles. The molecule has 1 aromatic heterocycles. The molecule has 9 heteroatoms. The fraction of sp³-hybridized carbons (Fsp3) is 0.613. The second-order valence-corrected chi connectivity index (χ2v) is 11.6. The van der Waals surface area contributed by atoms with Crippen molar-refractivity contribution in [1.29, 1.82) is 10.5 Å². The van der Waals surface area contributed by atoms with Gasteiger partial charge < -0.3 is 18.6 Å². The van der Waals surface area contributed by atoms with E-state index >= 15 is 0 Å². The summed E-state index contributed by atoms with van der Waals surface area (Å²) in [7, 11) is 1.73. The molecule has 2 N–H and O–H groups in total. The quantitative estimate of drug-likeness (QED) is 0.177. The zero-order valence-corrected chi connectivity index (χ0v) is 27.1. The molecule has 0 radical (unpaired) electrons. The number of nitrogens with zero attached hydrogens (tertiary/aromatic N) is 5. The minimum atomic E-state index is 0.496. The van der Waals surface area contributed by atoms with Gasteiger partial charge in [-0.2, -0.15) is 10.5 Å². The Morgan fingerprint density at radius 3 is 1.77 bits per heavy atom. The van der Waals surface area contributed by atoms with Gasteiger partial charge in [0.25, 0.3) is 0 Å². The number of hydrogen-bond donors (Lipinski definition) is 2. The topological polar surface area (TPSA) is 84.1 Å². The Labute approximate surface area is 246 Å². The van der Waals surface area contributed by atoms with Crippen molar-refractivity contribution in [1.82, 2.24) is 0 Å². The molecule has 0 fully saturated rings. The van der Waals surface area contributed by atoms with Crippen LogP contribution in [0.1, 0.15) is 63.1 Å². The molecule has 0 unspecified atom stereocenters. The van der Waals surface area contributed by atoms with Crippen LogP contribution in [0.4, 0.5) is 16.4 Å². The number of likely N-dealkylation sites (N-methyl/N-ethyl adjacent to an activating group) is 2. The maximum Gasteiger partial charge on any atom is 0.144 e. The highest BCUT2D eigenvalue weighted by Gasteiger charge is 2.27. The average molecular weight is 570 g/mol. The number of aryl methyl sites for hydroxylation is 1. The second kappa shape index (κ2) is 15.1. The molecule has 0 saturated heterocycles. The van der Waals surface area contributed by atoms with Crippen LogP contribution in [-0.4, -0.2) is 81.5 Å². The van der Waals surface area contributed by atoms with Gasteiger partial charge in [0.05, 0.1) is 89.5 Å². The van der Waals surface area contributed by atoms with Gasteiger partial charge >= 0.3 is 0 Å². The summed E-state index contributed by atoms with van der Waals surface area (Å²) in [6.45, 7) is 28.6. The third-order valence-electron chi connectivity index (χ3n) is 9.25. The third-order valence-corrected chi connectivity index (χ3v) is 10.4. The van der Waals surface area contributed by atoms with Crippen LogP contribution in [0.3, 0.4) is 0 Å². The standard InChI is InChI=1S/C31H51N7OS/c1-10-37(11-2,12-3)18-16-36(17-19-38(13-4,14-5)15-6)28-20-24(7)27(21-29(28)39-9)34-35-31-26(22-32)25(8)30(23-33)40-31/h20-21,34-35H,10-19H2,1-9H3/q+2. The van der Waals surface area contributed by atoms with Gasteiger partial charge in [-0.15, -0.1) is 11.3 Å². The number of methoxy groups -OCH3 is 1. The lowest BCUT2D eigenvalue weighted by molar-refractivity contribution is -0.923. The first kappa shape index (κ1) is 33.2. The molecule has 0 spiro atoms. The van der Waals surface area contributed by atoms with Gasteiger partial charge in [-0.3, -0.25) is 10.9 Å². The summed E-state index contributed by atoms with van der Waals surface area (Å²) in [5, 5.41) is 19.6. The normalized spacial score (nSPS) is 11.6. The largest absolute Gasteiger partial charge is 0.495 e. The number of nitrogens with one attached hydrogen (secondary N) is 2. The molecule has 220 valence electrons. The minimum absolute atomic E-state index is 0.496. The molecule has 0 aliphatic heterocycles. The van der Waals surface area contributed by atoms with Crippen LogP contribution in [0.25, 0.3) is 0 Å². The van der Waals surface area contributed by atoms with Crippen molar-refractivity contribution >= 4 is 27.7 Å². The number of benzene rings is 1. The van der Waals surface area contributed by atoms with Gasteiger partial charge in [0.1, 0.15) is 27.8 Å². The van der Waals surface area contributed by atoms with Crippen molar-refractivity contribution in [3.05, 3.63) is 33.7 Å². The van der Waals surface area contributed by atoms with Crippen LogP contribution in [0.2, 0.25) is 0 Å². The van der Waals surface area contributed by atoms with Crippen molar-refractivity contribution in [2.24, 2.45) is 0 Å². The van der Waals surface area contributed by atoms with Crippen LogP contribution in [-0.2, 0) is 0 Å². The molecule has 2 aromatic rings. The fourth-order valence-corrected chi connectivity index (χ4v) is 6.40. The van der Waals surface area contributed by atoms with Gasteiger partial charge in [0, 0.05) is 6.07 Å². The van der Waals surface area contributed by atoms with E-state index in [2.05, 4.69) is 82.4 Å². The van der Waals surface area contributed by atoms with Gasteiger partial charge in [-0.05, 0) is 72.6 Å². The molecular weight excluding hydrogens is 518 g/mol. The smallest absolute Gasteiger partial charge is 0.144 e. The third kappa shape index (κ3) is 7.40. The van der Waals surface area contributed by atoms with E-state index in [4.69, 9.17) is 4.74 Å². The van der Waals surface area contributed by atoms with E-state index in [0.717, 1.165) is 97.1 Å². The molecule has 2 rings (SSSR count). The van der Waals surface area contributed by atoms with E-state index in [-0.39, 0.29) is 0 Å². The predicted molar refractivity (Wildman–Crippen MR) is 169 cm³/mol. The molecule has 0 atom stereocenters. The summed E-state index contributed by atoms with van der Waals surface area (Å²) in [4.78, 5) is 3.07. The van der Waals surface area contributed by atoms with Gasteiger partial charge in [-0.25, -0.2) is 0 Å². The number of quaternary nitrogens is 2. The van der Waals surface area contributed by atoms with Gasteiger partial charge in [0.2, 0.25) is 0 Å². The second-order valence-electron chi connectivity index (χ2n) is 10.6. The lowest BCUT2D eigenvalue weighted by atomic mass is 10.1. The van der Waals surface area contributed by atoms with E-state index in [0.29, 0.717) is 21.0 Å². The van der Waals surface area contributed by atoms with Crippen molar-refractivity contribution in [3.8, 4) is 17.9 Å². The number of rotatable bonds is 17. The maximum atomic E-state index is 9.61. The number of hydrazine groups is 1. The molecular formula is C31H51N7OS+2. The molecule has 40 heavy (non-hydrogen) atoms. The summed E-state index contributed by atoms with van der Waals surface area (Å²) in [6.07, 6.45) is 0. The highest BCUT2D eigenvalue weighted by molar-refractivity contribution is 7.17. The monoisotopic (exact) mass is 569 g/mol. The first-order valence-electron chi connectivity index (χ1n) is 14.8.